The molecular formula is C19H17N3O7S. The lowest BCUT2D eigenvalue weighted by Gasteiger charge is -2.11. The summed E-state index contributed by atoms with van der Waals surface area (Å²) in [5, 5.41) is 15.9. The molecule has 1 amide bonds. The first-order chi connectivity index (χ1) is 14.2. The second kappa shape index (κ2) is 8.25. The lowest BCUT2D eigenvalue weighted by Crippen LogP contribution is -2.14. The summed E-state index contributed by atoms with van der Waals surface area (Å²) in [6.07, 6.45) is 1.30. The number of ether oxygens (including phenoxy) is 1. The van der Waals surface area contributed by atoms with E-state index < -0.39 is 27.6 Å². The number of carbonyl (C=O) groups is 2. The van der Waals surface area contributed by atoms with E-state index in [4.69, 9.17) is 4.52 Å². The first kappa shape index (κ1) is 20.9. The monoisotopic (exact) mass is 431 g/mol. The molecule has 0 saturated carbocycles. The highest BCUT2D eigenvalue weighted by molar-refractivity contribution is 7.92. The van der Waals surface area contributed by atoms with Crippen molar-refractivity contribution in [2.45, 2.75) is 11.8 Å². The molecule has 30 heavy (non-hydrogen) atoms. The number of phenols is 1. The molecule has 11 heteroatoms. The van der Waals surface area contributed by atoms with E-state index >= 15 is 0 Å². The molecule has 0 bridgehead atoms. The predicted octanol–water partition coefficient (Wildman–Crippen LogP) is 2.53. The number of rotatable bonds is 6. The maximum absolute atomic E-state index is 12.6. The van der Waals surface area contributed by atoms with Crippen molar-refractivity contribution in [2.75, 3.05) is 17.1 Å². The second-order valence-corrected chi connectivity index (χ2v) is 7.79. The molecule has 0 unspecified atom stereocenters. The first-order valence-electron chi connectivity index (χ1n) is 8.48. The summed E-state index contributed by atoms with van der Waals surface area (Å²) in [6.45, 7) is 1.61. The fraction of sp³-hybridized carbons (Fsp3) is 0.105. The standard InChI is InChI=1S/C19H17N3O7S/c1-11-16(10-20-29-11)18(24)21-12-3-5-13(6-4-12)22-30(26,27)14-7-8-17(23)15(9-14)19(25)28-2/h3-10,22-23H,1-2H3,(H,21,24). The Hall–Kier alpha value is -3.86. The van der Waals surface area contributed by atoms with Gasteiger partial charge in [0.25, 0.3) is 15.9 Å². The van der Waals surface area contributed by atoms with Gasteiger partial charge in [0.1, 0.15) is 22.6 Å². The highest BCUT2D eigenvalue weighted by Gasteiger charge is 2.20. The summed E-state index contributed by atoms with van der Waals surface area (Å²) in [7, 11) is -2.93. The number of hydrogen-bond acceptors (Lipinski definition) is 8. The number of amides is 1. The van der Waals surface area contributed by atoms with Crippen LogP contribution in [0.5, 0.6) is 5.75 Å². The number of carbonyl (C=O) groups excluding carboxylic acids is 2. The predicted molar refractivity (Wildman–Crippen MR) is 106 cm³/mol. The van der Waals surface area contributed by atoms with Gasteiger partial charge in [-0.15, -0.1) is 0 Å². The van der Waals surface area contributed by atoms with Crippen LogP contribution in [0.2, 0.25) is 0 Å². The van der Waals surface area contributed by atoms with Crippen molar-refractivity contribution in [3.8, 4) is 5.75 Å². The minimum atomic E-state index is -4.05. The summed E-state index contributed by atoms with van der Waals surface area (Å²) in [4.78, 5) is 23.6. The molecule has 3 N–H and O–H groups in total. The molecule has 156 valence electrons. The molecule has 10 nitrogen and oxygen atoms in total. The number of aromatic nitrogens is 1. The number of phenolic OH excluding ortho intramolecular Hbond substituents is 1. The number of hydrogen-bond donors (Lipinski definition) is 3. The number of anilines is 2. The molecule has 0 radical (unpaired) electrons. The summed E-state index contributed by atoms with van der Waals surface area (Å²) >= 11 is 0. The van der Waals surface area contributed by atoms with E-state index in [0.29, 0.717) is 11.4 Å². The van der Waals surface area contributed by atoms with E-state index in [9.17, 15) is 23.1 Å². The molecule has 3 rings (SSSR count). The quantitative estimate of drug-likeness (QED) is 0.504. The number of esters is 1. The van der Waals surface area contributed by atoms with E-state index in [2.05, 4.69) is 19.9 Å². The van der Waals surface area contributed by atoms with Crippen LogP contribution in [0.3, 0.4) is 0 Å². The SMILES string of the molecule is COC(=O)c1cc(S(=O)(=O)Nc2ccc(NC(=O)c3cnoc3C)cc2)ccc1O. The smallest absolute Gasteiger partial charge is 0.341 e. The Morgan fingerprint density at radius 1 is 1.07 bits per heavy atom. The number of sulfonamides is 1. The van der Waals surface area contributed by atoms with Crippen LogP contribution in [0.1, 0.15) is 26.5 Å². The molecule has 0 aliphatic heterocycles. The largest absolute Gasteiger partial charge is 0.507 e. The van der Waals surface area contributed by atoms with Crippen molar-refractivity contribution < 1.29 is 32.4 Å². The Morgan fingerprint density at radius 2 is 1.73 bits per heavy atom. The van der Waals surface area contributed by atoms with Gasteiger partial charge < -0.3 is 19.7 Å². The van der Waals surface area contributed by atoms with Gasteiger partial charge in [-0.1, -0.05) is 5.16 Å². The molecule has 0 aliphatic carbocycles. The van der Waals surface area contributed by atoms with Gasteiger partial charge in [-0.3, -0.25) is 9.52 Å². The van der Waals surface area contributed by atoms with Crippen LogP contribution in [-0.2, 0) is 14.8 Å². The van der Waals surface area contributed by atoms with Crippen LogP contribution < -0.4 is 10.0 Å². The Balaban J connectivity index is 1.75. The third-order valence-electron chi connectivity index (χ3n) is 4.07. The van der Waals surface area contributed by atoms with E-state index in [-0.39, 0.29) is 21.7 Å². The van der Waals surface area contributed by atoms with Gasteiger partial charge in [0.15, 0.2) is 0 Å². The zero-order valence-electron chi connectivity index (χ0n) is 15.9. The van der Waals surface area contributed by atoms with Crippen LogP contribution >= 0.6 is 0 Å². The minimum absolute atomic E-state index is 0.224. The van der Waals surface area contributed by atoms with Crippen molar-refractivity contribution >= 4 is 33.3 Å². The van der Waals surface area contributed by atoms with Crippen molar-refractivity contribution in [1.29, 1.82) is 0 Å². The van der Waals surface area contributed by atoms with Gasteiger partial charge in [-0.25, -0.2) is 13.2 Å². The van der Waals surface area contributed by atoms with E-state index in [1.54, 1.807) is 6.92 Å². The van der Waals surface area contributed by atoms with Crippen LogP contribution in [0.4, 0.5) is 11.4 Å². The number of methoxy groups -OCH3 is 1. The lowest BCUT2D eigenvalue weighted by molar-refractivity contribution is 0.0597. The number of nitrogens with zero attached hydrogens (tertiary/aromatic N) is 1. The summed E-state index contributed by atoms with van der Waals surface area (Å²) in [5.74, 6) is -1.31. The van der Waals surface area contributed by atoms with Crippen molar-refractivity contribution in [2.24, 2.45) is 0 Å². The zero-order chi connectivity index (χ0) is 21.9. The normalized spacial score (nSPS) is 11.0. The van der Waals surface area contributed by atoms with Crippen molar-refractivity contribution in [1.82, 2.24) is 5.16 Å². The highest BCUT2D eigenvalue weighted by Crippen LogP contribution is 2.24. The van der Waals surface area contributed by atoms with Gasteiger partial charge in [-0.05, 0) is 49.4 Å². The molecule has 0 saturated heterocycles. The molecule has 0 fully saturated rings. The Kier molecular flexibility index (Phi) is 5.74. The third-order valence-corrected chi connectivity index (χ3v) is 5.45. The van der Waals surface area contributed by atoms with Crippen LogP contribution in [0, 0.1) is 6.92 Å². The minimum Gasteiger partial charge on any atom is -0.507 e. The number of benzene rings is 2. The second-order valence-electron chi connectivity index (χ2n) is 6.10. The van der Waals surface area contributed by atoms with E-state index in [0.717, 1.165) is 25.3 Å². The van der Waals surface area contributed by atoms with Crippen molar-refractivity contribution in [3.63, 3.8) is 0 Å². The average Bonchev–Trinajstić information content (AvgIpc) is 3.15. The van der Waals surface area contributed by atoms with Crippen LogP contribution in [0.25, 0.3) is 0 Å². The lowest BCUT2D eigenvalue weighted by atomic mass is 10.2. The number of aryl methyl sites for hydroxylation is 1. The molecule has 0 atom stereocenters. The molecular weight excluding hydrogens is 414 g/mol. The van der Waals surface area contributed by atoms with Crippen LogP contribution in [0.15, 0.2) is 58.1 Å². The highest BCUT2D eigenvalue weighted by atomic mass is 32.2. The van der Waals surface area contributed by atoms with Gasteiger partial charge in [0, 0.05) is 11.4 Å². The summed E-state index contributed by atoms with van der Waals surface area (Å²) in [5.41, 5.74) is 0.666. The maximum atomic E-state index is 12.6. The molecule has 1 heterocycles. The first-order valence-corrected chi connectivity index (χ1v) is 9.96. The Bertz CT molecular complexity index is 1200. The maximum Gasteiger partial charge on any atom is 0.341 e. The fourth-order valence-corrected chi connectivity index (χ4v) is 3.59. The third kappa shape index (κ3) is 4.41. The molecule has 0 aliphatic rings. The average molecular weight is 431 g/mol. The van der Waals surface area contributed by atoms with Gasteiger partial charge in [0.05, 0.1) is 18.2 Å². The summed E-state index contributed by atoms with van der Waals surface area (Å²) in [6, 6.07) is 9.18. The number of aromatic hydroxyl groups is 1. The van der Waals surface area contributed by atoms with Gasteiger partial charge in [0.2, 0.25) is 0 Å². The van der Waals surface area contributed by atoms with Gasteiger partial charge in [-0.2, -0.15) is 0 Å². The van der Waals surface area contributed by atoms with E-state index in [1.165, 1.54) is 30.5 Å². The van der Waals surface area contributed by atoms with Gasteiger partial charge >= 0.3 is 5.97 Å². The molecule has 0 spiro atoms. The van der Waals surface area contributed by atoms with E-state index in [1.807, 2.05) is 0 Å². The molecule has 1 aromatic heterocycles. The Morgan fingerprint density at radius 3 is 2.33 bits per heavy atom. The van der Waals surface area contributed by atoms with Crippen molar-refractivity contribution in [3.05, 3.63) is 65.5 Å². The molecule has 2 aromatic carbocycles. The fourth-order valence-electron chi connectivity index (χ4n) is 2.51. The van der Waals surface area contributed by atoms with Crippen LogP contribution in [-0.4, -0.2) is 37.7 Å². The number of nitrogens with one attached hydrogen (secondary N) is 2. The topological polar surface area (TPSA) is 148 Å². The molecule has 3 aromatic rings. The summed E-state index contributed by atoms with van der Waals surface area (Å²) < 4.78 is 36.9. The Labute approximate surface area is 171 Å². The zero-order valence-corrected chi connectivity index (χ0v) is 16.7.